The maximum absolute atomic E-state index is 4.96. The van der Waals surface area contributed by atoms with Crippen molar-refractivity contribution in [3.63, 3.8) is 0 Å². The van der Waals surface area contributed by atoms with E-state index in [1.807, 2.05) is 11.8 Å². The van der Waals surface area contributed by atoms with Gasteiger partial charge in [-0.05, 0) is 37.4 Å². The van der Waals surface area contributed by atoms with Gasteiger partial charge in [0.05, 0.1) is 6.04 Å². The zero-order valence-electron chi connectivity index (χ0n) is 11.3. The minimum atomic E-state index is 0.392. The van der Waals surface area contributed by atoms with Gasteiger partial charge in [0.1, 0.15) is 0 Å². The van der Waals surface area contributed by atoms with Crippen LogP contribution in [0, 0.1) is 5.92 Å². The zero-order valence-corrected chi connectivity index (χ0v) is 12.9. The van der Waals surface area contributed by atoms with E-state index in [2.05, 4.69) is 24.0 Å². The number of hydrogen-bond donors (Lipinski definition) is 1. The molecule has 3 fully saturated rings. The van der Waals surface area contributed by atoms with Crippen molar-refractivity contribution < 1.29 is 0 Å². The van der Waals surface area contributed by atoms with Crippen LogP contribution in [0.1, 0.15) is 45.4 Å². The lowest BCUT2D eigenvalue weighted by atomic mass is 9.78. The number of nitrogens with zero attached hydrogens (tertiary/aromatic N) is 1. The summed E-state index contributed by atoms with van der Waals surface area (Å²) in [5.74, 6) is 4.70. The Balaban J connectivity index is 1.61. The van der Waals surface area contributed by atoms with E-state index >= 15 is 0 Å². The van der Waals surface area contributed by atoms with E-state index in [1.54, 1.807) is 0 Å². The molecule has 1 aliphatic carbocycles. The molecule has 2 saturated heterocycles. The number of amidine groups is 1. The second kappa shape index (κ2) is 5.66. The van der Waals surface area contributed by atoms with E-state index in [0.29, 0.717) is 11.6 Å². The van der Waals surface area contributed by atoms with E-state index < -0.39 is 0 Å². The van der Waals surface area contributed by atoms with Crippen molar-refractivity contribution in [3.8, 4) is 0 Å². The summed E-state index contributed by atoms with van der Waals surface area (Å²) in [6.45, 7) is 2.40. The topological polar surface area (TPSA) is 24.4 Å². The lowest BCUT2D eigenvalue weighted by Gasteiger charge is -2.36. The summed E-state index contributed by atoms with van der Waals surface area (Å²) in [7, 11) is 0. The van der Waals surface area contributed by atoms with Gasteiger partial charge in [-0.25, -0.2) is 0 Å². The SMILES string of the molecule is CC1CCCC2(CSC(=NC3CCCSC3)N2)C1. The molecule has 0 aromatic carbocycles. The fraction of sp³-hybridized carbons (Fsp3) is 0.929. The number of nitrogens with one attached hydrogen (secondary N) is 1. The van der Waals surface area contributed by atoms with Crippen LogP contribution in [-0.2, 0) is 0 Å². The molecule has 1 spiro atoms. The molecule has 0 amide bonds. The van der Waals surface area contributed by atoms with Crippen LogP contribution in [0.15, 0.2) is 4.99 Å². The van der Waals surface area contributed by atoms with Gasteiger partial charge in [0.25, 0.3) is 0 Å². The number of thioether (sulfide) groups is 2. The summed E-state index contributed by atoms with van der Waals surface area (Å²) in [4.78, 5) is 4.96. The first kappa shape index (κ1) is 13.2. The summed E-state index contributed by atoms with van der Waals surface area (Å²) in [6, 6.07) is 0.579. The smallest absolute Gasteiger partial charge is 0.157 e. The molecule has 0 radical (unpaired) electrons. The molecule has 1 N–H and O–H groups in total. The van der Waals surface area contributed by atoms with Crippen molar-refractivity contribution in [1.82, 2.24) is 5.32 Å². The standard InChI is InChI=1S/C14H24N2S2/c1-11-4-2-6-14(8-11)10-18-13(16-14)15-12-5-3-7-17-9-12/h11-12H,2-10H2,1H3,(H,15,16). The van der Waals surface area contributed by atoms with Gasteiger partial charge in [-0.15, -0.1) is 0 Å². The molecule has 102 valence electrons. The fourth-order valence-corrected chi connectivity index (χ4v) is 5.78. The van der Waals surface area contributed by atoms with E-state index in [-0.39, 0.29) is 0 Å². The Hall–Kier alpha value is 0.170. The molecular formula is C14H24N2S2. The van der Waals surface area contributed by atoms with Crippen LogP contribution in [0.3, 0.4) is 0 Å². The molecule has 2 aliphatic heterocycles. The molecule has 3 aliphatic rings. The first-order chi connectivity index (χ1) is 8.76. The van der Waals surface area contributed by atoms with Crippen molar-refractivity contribution >= 4 is 28.7 Å². The van der Waals surface area contributed by atoms with Crippen LogP contribution in [0.4, 0.5) is 0 Å². The van der Waals surface area contributed by atoms with Crippen LogP contribution >= 0.6 is 23.5 Å². The van der Waals surface area contributed by atoms with Gasteiger partial charge in [-0.1, -0.05) is 31.5 Å². The van der Waals surface area contributed by atoms with Crippen LogP contribution in [0.2, 0.25) is 0 Å². The maximum atomic E-state index is 4.96. The van der Waals surface area contributed by atoms with Gasteiger partial charge in [0.15, 0.2) is 5.17 Å². The minimum Gasteiger partial charge on any atom is -0.359 e. The first-order valence-electron chi connectivity index (χ1n) is 7.32. The molecule has 4 heteroatoms. The Labute approximate surface area is 119 Å². The van der Waals surface area contributed by atoms with E-state index in [9.17, 15) is 0 Å². The largest absolute Gasteiger partial charge is 0.359 e. The summed E-state index contributed by atoms with van der Waals surface area (Å²) < 4.78 is 0. The molecule has 0 aromatic heterocycles. The van der Waals surface area contributed by atoms with Gasteiger partial charge in [-0.3, -0.25) is 4.99 Å². The number of hydrogen-bond acceptors (Lipinski definition) is 3. The lowest BCUT2D eigenvalue weighted by molar-refractivity contribution is 0.242. The number of aliphatic imine (C=N–C) groups is 1. The Morgan fingerprint density at radius 3 is 3.06 bits per heavy atom. The zero-order chi connectivity index (χ0) is 12.4. The fourth-order valence-electron chi connectivity index (χ4n) is 3.47. The Bertz CT molecular complexity index is 326. The van der Waals surface area contributed by atoms with E-state index in [4.69, 9.17) is 4.99 Å². The molecule has 0 aromatic rings. The molecule has 2 heterocycles. The van der Waals surface area contributed by atoms with Crippen molar-refractivity contribution in [1.29, 1.82) is 0 Å². The molecular weight excluding hydrogens is 260 g/mol. The normalized spacial score (nSPS) is 43.3. The molecule has 3 atom stereocenters. The molecule has 18 heavy (non-hydrogen) atoms. The highest BCUT2D eigenvalue weighted by atomic mass is 32.2. The van der Waals surface area contributed by atoms with Gasteiger partial charge < -0.3 is 5.32 Å². The molecule has 2 nitrogen and oxygen atoms in total. The van der Waals surface area contributed by atoms with E-state index in [0.717, 1.165) is 5.92 Å². The number of rotatable bonds is 1. The monoisotopic (exact) mass is 284 g/mol. The highest BCUT2D eigenvalue weighted by molar-refractivity contribution is 8.14. The third-order valence-electron chi connectivity index (χ3n) is 4.38. The summed E-state index contributed by atoms with van der Waals surface area (Å²) in [6.07, 6.45) is 8.14. The van der Waals surface area contributed by atoms with Crippen LogP contribution in [0.5, 0.6) is 0 Å². The summed E-state index contributed by atoms with van der Waals surface area (Å²) >= 11 is 4.04. The van der Waals surface area contributed by atoms with Crippen LogP contribution in [-0.4, -0.2) is 34.0 Å². The highest BCUT2D eigenvalue weighted by Crippen LogP contribution is 2.39. The molecule has 1 saturated carbocycles. The highest BCUT2D eigenvalue weighted by Gasteiger charge is 2.40. The predicted molar refractivity (Wildman–Crippen MR) is 83.7 cm³/mol. The third kappa shape index (κ3) is 3.01. The predicted octanol–water partition coefficient (Wildman–Crippen LogP) is 3.52. The second-order valence-electron chi connectivity index (χ2n) is 6.20. The lowest BCUT2D eigenvalue weighted by Crippen LogP contribution is -2.47. The summed E-state index contributed by atoms with van der Waals surface area (Å²) in [5, 5.41) is 5.03. The van der Waals surface area contributed by atoms with Crippen molar-refractivity contribution in [3.05, 3.63) is 0 Å². The van der Waals surface area contributed by atoms with Crippen LogP contribution in [0.25, 0.3) is 0 Å². The van der Waals surface area contributed by atoms with Gasteiger partial charge >= 0.3 is 0 Å². The molecule has 3 unspecified atom stereocenters. The third-order valence-corrected chi connectivity index (χ3v) is 6.76. The van der Waals surface area contributed by atoms with Gasteiger partial charge in [0, 0.05) is 17.0 Å². The first-order valence-corrected chi connectivity index (χ1v) is 9.46. The van der Waals surface area contributed by atoms with Gasteiger partial charge in [0.2, 0.25) is 0 Å². The molecule has 3 rings (SSSR count). The van der Waals surface area contributed by atoms with Crippen LogP contribution < -0.4 is 5.32 Å². The Morgan fingerprint density at radius 2 is 2.28 bits per heavy atom. The summed E-state index contributed by atoms with van der Waals surface area (Å²) in [5.41, 5.74) is 0.392. The van der Waals surface area contributed by atoms with Crippen molar-refractivity contribution in [2.24, 2.45) is 10.9 Å². The Morgan fingerprint density at radius 1 is 1.33 bits per heavy atom. The quantitative estimate of drug-likeness (QED) is 0.797. The minimum absolute atomic E-state index is 0.392. The Kier molecular flexibility index (Phi) is 4.14. The van der Waals surface area contributed by atoms with Gasteiger partial charge in [-0.2, -0.15) is 11.8 Å². The molecule has 0 bridgehead atoms. The second-order valence-corrected chi connectivity index (χ2v) is 8.31. The van der Waals surface area contributed by atoms with Crippen molar-refractivity contribution in [2.75, 3.05) is 17.3 Å². The van der Waals surface area contributed by atoms with E-state index in [1.165, 1.54) is 61.0 Å². The average molecular weight is 284 g/mol. The van der Waals surface area contributed by atoms with Crippen molar-refractivity contribution in [2.45, 2.75) is 57.0 Å². The average Bonchev–Trinajstić information content (AvgIpc) is 2.73. The maximum Gasteiger partial charge on any atom is 0.157 e.